The summed E-state index contributed by atoms with van der Waals surface area (Å²) in [6.45, 7) is 2.99. The molecule has 0 saturated carbocycles. The second kappa shape index (κ2) is 8.90. The van der Waals surface area contributed by atoms with Crippen molar-refractivity contribution in [2.75, 3.05) is 23.8 Å². The highest BCUT2D eigenvalue weighted by atomic mass is 16.5. The van der Waals surface area contributed by atoms with Crippen molar-refractivity contribution in [1.29, 1.82) is 0 Å². The topological polar surface area (TPSA) is 50.4 Å². The smallest absolute Gasteiger partial charge is 0.243 e. The number of amides is 1. The predicted octanol–water partition coefficient (Wildman–Crippen LogP) is 5.07. The van der Waals surface area contributed by atoms with Gasteiger partial charge in [0.2, 0.25) is 5.91 Å². The van der Waals surface area contributed by atoms with Crippen LogP contribution in [0.25, 0.3) is 10.8 Å². The number of carbonyl (C=O) groups is 1. The summed E-state index contributed by atoms with van der Waals surface area (Å²) in [5.41, 5.74) is 1.63. The molecule has 4 heteroatoms. The number of hydrogen-bond donors (Lipinski definition) is 2. The van der Waals surface area contributed by atoms with Gasteiger partial charge in [0.15, 0.2) is 0 Å². The minimum Gasteiger partial charge on any atom is -0.491 e. The molecule has 0 aromatic heterocycles. The fourth-order valence-corrected chi connectivity index (χ4v) is 2.71. The average Bonchev–Trinajstić information content (AvgIpc) is 2.67. The first-order valence-electron chi connectivity index (χ1n) is 9.00. The zero-order valence-corrected chi connectivity index (χ0v) is 15.0. The number of para-hydroxylation sites is 2. The summed E-state index contributed by atoms with van der Waals surface area (Å²) in [6.07, 6.45) is 2.10. The molecule has 4 nitrogen and oxygen atoms in total. The van der Waals surface area contributed by atoms with Gasteiger partial charge >= 0.3 is 0 Å². The first-order valence-corrected chi connectivity index (χ1v) is 9.00. The van der Waals surface area contributed by atoms with Gasteiger partial charge < -0.3 is 15.4 Å². The summed E-state index contributed by atoms with van der Waals surface area (Å²) in [6, 6.07) is 21.7. The molecule has 134 valence electrons. The summed E-state index contributed by atoms with van der Waals surface area (Å²) in [7, 11) is 0. The molecule has 26 heavy (non-hydrogen) atoms. The molecular formula is C22H24N2O2. The molecule has 0 saturated heterocycles. The van der Waals surface area contributed by atoms with Gasteiger partial charge in [-0.3, -0.25) is 4.79 Å². The van der Waals surface area contributed by atoms with E-state index in [0.717, 1.165) is 40.7 Å². The van der Waals surface area contributed by atoms with E-state index < -0.39 is 0 Å². The van der Waals surface area contributed by atoms with Gasteiger partial charge in [-0.15, -0.1) is 0 Å². The SMILES string of the molecule is CCCCOc1ccccc1NCC(=O)Nc1ccc2ccccc2c1. The lowest BCUT2D eigenvalue weighted by molar-refractivity contribution is -0.114. The molecule has 1 amide bonds. The number of ether oxygens (including phenoxy) is 1. The number of unbranched alkanes of at least 4 members (excludes halogenated alkanes) is 1. The van der Waals surface area contributed by atoms with Crippen molar-refractivity contribution in [3.05, 3.63) is 66.7 Å². The van der Waals surface area contributed by atoms with Crippen LogP contribution in [-0.4, -0.2) is 19.1 Å². The molecule has 0 aliphatic rings. The Balaban J connectivity index is 1.58. The van der Waals surface area contributed by atoms with Crippen molar-refractivity contribution < 1.29 is 9.53 Å². The summed E-state index contributed by atoms with van der Waals surface area (Å²) < 4.78 is 5.78. The van der Waals surface area contributed by atoms with Crippen molar-refractivity contribution in [2.45, 2.75) is 19.8 Å². The molecule has 0 radical (unpaired) electrons. The van der Waals surface area contributed by atoms with Crippen LogP contribution in [0.2, 0.25) is 0 Å². The van der Waals surface area contributed by atoms with Gasteiger partial charge in [-0.2, -0.15) is 0 Å². The van der Waals surface area contributed by atoms with Crippen LogP contribution in [0.1, 0.15) is 19.8 Å². The van der Waals surface area contributed by atoms with E-state index in [0.29, 0.717) is 6.61 Å². The van der Waals surface area contributed by atoms with Crippen molar-refractivity contribution in [3.63, 3.8) is 0 Å². The van der Waals surface area contributed by atoms with Crippen LogP contribution in [0.3, 0.4) is 0 Å². The molecule has 0 unspecified atom stereocenters. The van der Waals surface area contributed by atoms with Crippen molar-refractivity contribution in [3.8, 4) is 5.75 Å². The maximum Gasteiger partial charge on any atom is 0.243 e. The molecule has 0 spiro atoms. The second-order valence-corrected chi connectivity index (χ2v) is 6.16. The predicted molar refractivity (Wildman–Crippen MR) is 108 cm³/mol. The van der Waals surface area contributed by atoms with E-state index in [1.807, 2.05) is 60.7 Å². The first-order chi connectivity index (χ1) is 12.8. The van der Waals surface area contributed by atoms with Crippen molar-refractivity contribution in [2.24, 2.45) is 0 Å². The van der Waals surface area contributed by atoms with Crippen LogP contribution in [0.5, 0.6) is 5.75 Å². The minimum atomic E-state index is -0.0938. The van der Waals surface area contributed by atoms with Crippen LogP contribution < -0.4 is 15.4 Å². The Bertz CT molecular complexity index is 877. The van der Waals surface area contributed by atoms with Gasteiger partial charge in [-0.25, -0.2) is 0 Å². The first kappa shape index (κ1) is 17.8. The Hall–Kier alpha value is -3.01. The fraction of sp³-hybridized carbons (Fsp3) is 0.227. The molecule has 0 aliphatic carbocycles. The highest BCUT2D eigenvalue weighted by Crippen LogP contribution is 2.24. The second-order valence-electron chi connectivity index (χ2n) is 6.16. The quantitative estimate of drug-likeness (QED) is 0.559. The summed E-state index contributed by atoms with van der Waals surface area (Å²) in [5.74, 6) is 0.683. The van der Waals surface area contributed by atoms with Crippen LogP contribution in [0.4, 0.5) is 11.4 Å². The zero-order valence-electron chi connectivity index (χ0n) is 15.0. The maximum atomic E-state index is 12.3. The number of benzene rings is 3. The summed E-state index contributed by atoms with van der Waals surface area (Å²) >= 11 is 0. The molecule has 3 rings (SSSR count). The monoisotopic (exact) mass is 348 g/mol. The number of nitrogens with one attached hydrogen (secondary N) is 2. The Kier molecular flexibility index (Phi) is 6.09. The maximum absolute atomic E-state index is 12.3. The van der Waals surface area contributed by atoms with E-state index >= 15 is 0 Å². The third kappa shape index (κ3) is 4.76. The van der Waals surface area contributed by atoms with Gasteiger partial charge in [0.1, 0.15) is 5.75 Å². The van der Waals surface area contributed by atoms with Crippen molar-refractivity contribution in [1.82, 2.24) is 0 Å². The molecule has 0 fully saturated rings. The third-order valence-electron chi connectivity index (χ3n) is 4.12. The fourth-order valence-electron chi connectivity index (χ4n) is 2.71. The average molecular weight is 348 g/mol. The number of hydrogen-bond acceptors (Lipinski definition) is 3. The largest absolute Gasteiger partial charge is 0.491 e. The normalized spacial score (nSPS) is 10.5. The van der Waals surface area contributed by atoms with Crippen LogP contribution in [0, 0.1) is 0 Å². The van der Waals surface area contributed by atoms with Gasteiger partial charge in [0.25, 0.3) is 0 Å². The van der Waals surface area contributed by atoms with E-state index in [9.17, 15) is 4.79 Å². The molecule has 2 N–H and O–H groups in total. The van der Waals surface area contributed by atoms with E-state index in [-0.39, 0.29) is 12.5 Å². The van der Waals surface area contributed by atoms with Gasteiger partial charge in [-0.1, -0.05) is 55.8 Å². The van der Waals surface area contributed by atoms with E-state index in [1.54, 1.807) is 0 Å². The molecule has 0 bridgehead atoms. The lowest BCUT2D eigenvalue weighted by Gasteiger charge is -2.13. The van der Waals surface area contributed by atoms with Gasteiger partial charge in [0.05, 0.1) is 18.8 Å². The minimum absolute atomic E-state index is 0.0938. The number of rotatable bonds is 8. The van der Waals surface area contributed by atoms with Crippen LogP contribution >= 0.6 is 0 Å². The van der Waals surface area contributed by atoms with Crippen LogP contribution in [0.15, 0.2) is 66.7 Å². The Morgan fingerprint density at radius 3 is 2.58 bits per heavy atom. The van der Waals surface area contributed by atoms with E-state index in [1.165, 1.54) is 0 Å². The van der Waals surface area contributed by atoms with E-state index in [2.05, 4.69) is 23.6 Å². The van der Waals surface area contributed by atoms with Crippen molar-refractivity contribution >= 4 is 28.1 Å². The molecule has 0 atom stereocenters. The summed E-state index contributed by atoms with van der Waals surface area (Å²) in [5, 5.41) is 8.35. The standard InChI is InChI=1S/C22H24N2O2/c1-2-3-14-26-21-11-7-6-10-20(21)23-16-22(25)24-19-13-12-17-8-4-5-9-18(17)15-19/h4-13,15,23H,2-3,14,16H2,1H3,(H,24,25). The highest BCUT2D eigenvalue weighted by molar-refractivity contribution is 5.96. The lowest BCUT2D eigenvalue weighted by atomic mass is 10.1. The van der Waals surface area contributed by atoms with Gasteiger partial charge in [0, 0.05) is 5.69 Å². The molecule has 0 aliphatic heterocycles. The number of fused-ring (bicyclic) bond motifs is 1. The number of anilines is 2. The third-order valence-corrected chi connectivity index (χ3v) is 4.12. The summed E-state index contributed by atoms with van der Waals surface area (Å²) in [4.78, 5) is 12.3. The molecular weight excluding hydrogens is 324 g/mol. The molecule has 3 aromatic rings. The zero-order chi connectivity index (χ0) is 18.2. The highest BCUT2D eigenvalue weighted by Gasteiger charge is 2.06. The van der Waals surface area contributed by atoms with Gasteiger partial charge in [-0.05, 0) is 41.5 Å². The Labute approximate surface area is 154 Å². The molecule has 3 aromatic carbocycles. The van der Waals surface area contributed by atoms with E-state index in [4.69, 9.17) is 4.74 Å². The Morgan fingerprint density at radius 1 is 0.962 bits per heavy atom. The lowest BCUT2D eigenvalue weighted by Crippen LogP contribution is -2.22. The van der Waals surface area contributed by atoms with Crippen LogP contribution in [-0.2, 0) is 4.79 Å². The molecule has 0 heterocycles. The Morgan fingerprint density at radius 2 is 1.73 bits per heavy atom. The number of carbonyl (C=O) groups excluding carboxylic acids is 1.